The summed E-state index contributed by atoms with van der Waals surface area (Å²) in [7, 11) is 1.26. The molecule has 2 aliphatic heterocycles. The average Bonchev–Trinajstić information content (AvgIpc) is 2.81. The number of alkyl carbamates (subject to hydrolysis) is 1. The Hall–Kier alpha value is -3.50. The summed E-state index contributed by atoms with van der Waals surface area (Å²) < 4.78 is 10.4. The van der Waals surface area contributed by atoms with Crippen molar-refractivity contribution in [1.82, 2.24) is 15.1 Å². The average molecular weight is 491 g/mol. The molecule has 0 aromatic heterocycles. The molecule has 192 valence electrons. The van der Waals surface area contributed by atoms with Gasteiger partial charge in [-0.15, -0.1) is 0 Å². The fraction of sp³-hybridized carbons (Fsp3) is 0.583. The van der Waals surface area contributed by atoms with Gasteiger partial charge >= 0.3 is 12.2 Å². The van der Waals surface area contributed by atoms with Crippen molar-refractivity contribution in [1.29, 1.82) is 0 Å². The SMILES string of the molecule is COC(=O)NCCN1C(=O)[C@@H](C)Oc2cc(C)c(C(=O)N(C(C)C)[C@@H]3CCCN(C(=O)O)C3)cc21. The van der Waals surface area contributed by atoms with Crippen molar-refractivity contribution in [3.8, 4) is 5.75 Å². The van der Waals surface area contributed by atoms with Crippen molar-refractivity contribution in [3.05, 3.63) is 23.3 Å². The van der Waals surface area contributed by atoms with Gasteiger partial charge in [-0.25, -0.2) is 9.59 Å². The minimum atomic E-state index is -0.989. The molecule has 11 heteroatoms. The van der Waals surface area contributed by atoms with Crippen LogP contribution < -0.4 is 15.0 Å². The zero-order valence-corrected chi connectivity index (χ0v) is 20.9. The summed E-state index contributed by atoms with van der Waals surface area (Å²) in [5.41, 5.74) is 1.56. The summed E-state index contributed by atoms with van der Waals surface area (Å²) in [6.07, 6.45) is -0.913. The zero-order chi connectivity index (χ0) is 25.9. The van der Waals surface area contributed by atoms with Crippen molar-refractivity contribution >= 4 is 29.7 Å². The summed E-state index contributed by atoms with van der Waals surface area (Å²) in [5.74, 6) is -0.0252. The molecule has 0 bridgehead atoms. The Balaban J connectivity index is 1.93. The van der Waals surface area contributed by atoms with Crippen LogP contribution in [-0.2, 0) is 9.53 Å². The second-order valence-corrected chi connectivity index (χ2v) is 9.13. The quantitative estimate of drug-likeness (QED) is 0.627. The molecule has 1 aromatic carbocycles. The maximum Gasteiger partial charge on any atom is 0.407 e. The summed E-state index contributed by atoms with van der Waals surface area (Å²) in [6.45, 7) is 8.32. The molecule has 0 unspecified atom stereocenters. The first-order valence-electron chi connectivity index (χ1n) is 11.8. The van der Waals surface area contributed by atoms with Gasteiger partial charge in [-0.3, -0.25) is 9.59 Å². The van der Waals surface area contributed by atoms with Gasteiger partial charge in [0.2, 0.25) is 0 Å². The Kier molecular flexibility index (Phi) is 8.08. The van der Waals surface area contributed by atoms with E-state index in [2.05, 4.69) is 10.1 Å². The van der Waals surface area contributed by atoms with Gasteiger partial charge in [0.15, 0.2) is 6.10 Å². The lowest BCUT2D eigenvalue weighted by molar-refractivity contribution is -0.125. The van der Waals surface area contributed by atoms with Gasteiger partial charge in [-0.05, 0) is 58.2 Å². The number of carboxylic acid groups (broad SMARTS) is 1. The monoisotopic (exact) mass is 490 g/mol. The number of nitrogens with one attached hydrogen (secondary N) is 1. The molecule has 35 heavy (non-hydrogen) atoms. The molecule has 0 spiro atoms. The predicted molar refractivity (Wildman–Crippen MR) is 128 cm³/mol. The van der Waals surface area contributed by atoms with Gasteiger partial charge in [-0.1, -0.05) is 0 Å². The van der Waals surface area contributed by atoms with E-state index in [9.17, 15) is 24.3 Å². The first-order valence-corrected chi connectivity index (χ1v) is 11.8. The summed E-state index contributed by atoms with van der Waals surface area (Å²) in [4.78, 5) is 54.2. The zero-order valence-electron chi connectivity index (χ0n) is 20.9. The van der Waals surface area contributed by atoms with Gasteiger partial charge in [0, 0.05) is 37.8 Å². The van der Waals surface area contributed by atoms with Crippen LogP contribution in [0.1, 0.15) is 49.5 Å². The lowest BCUT2D eigenvalue weighted by Gasteiger charge is -2.41. The highest BCUT2D eigenvalue weighted by molar-refractivity contribution is 6.03. The number of amides is 4. The topological polar surface area (TPSA) is 129 Å². The lowest BCUT2D eigenvalue weighted by Crippen LogP contribution is -2.54. The van der Waals surface area contributed by atoms with Crippen LogP contribution in [0.25, 0.3) is 0 Å². The molecule has 2 N–H and O–H groups in total. The summed E-state index contributed by atoms with van der Waals surface area (Å²) in [5, 5.41) is 12.0. The summed E-state index contributed by atoms with van der Waals surface area (Å²) in [6, 6.07) is 2.99. The highest BCUT2D eigenvalue weighted by atomic mass is 16.5. The van der Waals surface area contributed by atoms with Crippen LogP contribution in [0.5, 0.6) is 5.75 Å². The lowest BCUT2D eigenvalue weighted by atomic mass is 9.98. The second kappa shape index (κ2) is 10.8. The highest BCUT2D eigenvalue weighted by Gasteiger charge is 2.36. The fourth-order valence-electron chi connectivity index (χ4n) is 4.67. The third kappa shape index (κ3) is 5.60. The van der Waals surface area contributed by atoms with Crippen LogP contribution in [0, 0.1) is 6.92 Å². The number of carbonyl (C=O) groups excluding carboxylic acids is 3. The molecule has 0 saturated carbocycles. The van der Waals surface area contributed by atoms with E-state index in [1.54, 1.807) is 24.0 Å². The molecule has 1 aromatic rings. The second-order valence-electron chi connectivity index (χ2n) is 9.13. The maximum atomic E-state index is 13.8. The fourth-order valence-corrected chi connectivity index (χ4v) is 4.67. The Morgan fingerprint density at radius 1 is 1.31 bits per heavy atom. The molecule has 0 aliphatic carbocycles. The van der Waals surface area contributed by atoms with E-state index in [4.69, 9.17) is 4.74 Å². The van der Waals surface area contributed by atoms with Gasteiger partial charge in [-0.2, -0.15) is 0 Å². The summed E-state index contributed by atoms with van der Waals surface area (Å²) >= 11 is 0. The van der Waals surface area contributed by atoms with Crippen molar-refractivity contribution in [3.63, 3.8) is 0 Å². The van der Waals surface area contributed by atoms with Crippen LogP contribution in [0.2, 0.25) is 0 Å². The normalized spacial score (nSPS) is 19.7. The number of anilines is 1. The number of hydrogen-bond acceptors (Lipinski definition) is 6. The van der Waals surface area contributed by atoms with Crippen LogP contribution in [0.4, 0.5) is 15.3 Å². The van der Waals surface area contributed by atoms with Gasteiger partial charge in [0.05, 0.1) is 18.8 Å². The number of hydrogen-bond donors (Lipinski definition) is 2. The third-order valence-electron chi connectivity index (χ3n) is 6.39. The van der Waals surface area contributed by atoms with Crippen LogP contribution in [-0.4, -0.2) is 90.4 Å². The van der Waals surface area contributed by atoms with Crippen LogP contribution in [0.3, 0.4) is 0 Å². The van der Waals surface area contributed by atoms with E-state index in [1.807, 2.05) is 20.8 Å². The number of aryl methyl sites for hydroxylation is 1. The molecule has 2 atom stereocenters. The molecule has 4 amide bonds. The van der Waals surface area contributed by atoms with Crippen molar-refractivity contribution in [2.24, 2.45) is 0 Å². The largest absolute Gasteiger partial charge is 0.479 e. The van der Waals surface area contributed by atoms with Gasteiger partial charge in [0.25, 0.3) is 11.8 Å². The highest BCUT2D eigenvalue weighted by Crippen LogP contribution is 2.37. The first-order chi connectivity index (χ1) is 16.5. The number of piperidine rings is 1. The van der Waals surface area contributed by atoms with Crippen molar-refractivity contribution in [2.45, 2.75) is 58.7 Å². The number of benzene rings is 1. The van der Waals surface area contributed by atoms with Crippen LogP contribution in [0.15, 0.2) is 12.1 Å². The predicted octanol–water partition coefficient (Wildman–Crippen LogP) is 2.46. The number of methoxy groups -OCH3 is 1. The third-order valence-corrected chi connectivity index (χ3v) is 6.39. The molecule has 11 nitrogen and oxygen atoms in total. The van der Waals surface area contributed by atoms with E-state index < -0.39 is 18.3 Å². The molecule has 1 saturated heterocycles. The molecule has 2 heterocycles. The number of ether oxygens (including phenoxy) is 2. The minimum absolute atomic E-state index is 0.157. The van der Waals surface area contributed by atoms with Crippen molar-refractivity contribution in [2.75, 3.05) is 38.2 Å². The Labute approximate surface area is 204 Å². The molecule has 2 aliphatic rings. The number of likely N-dealkylation sites (tertiary alicyclic amines) is 1. The Bertz CT molecular complexity index is 996. The number of nitrogens with zero attached hydrogens (tertiary/aromatic N) is 3. The minimum Gasteiger partial charge on any atom is -0.479 e. The number of carbonyl (C=O) groups is 4. The Morgan fingerprint density at radius 2 is 2.03 bits per heavy atom. The van der Waals surface area contributed by atoms with E-state index in [0.29, 0.717) is 42.0 Å². The first kappa shape index (κ1) is 26.1. The molecular weight excluding hydrogens is 456 g/mol. The Morgan fingerprint density at radius 3 is 2.66 bits per heavy atom. The van der Waals surface area contributed by atoms with E-state index >= 15 is 0 Å². The molecule has 1 fully saturated rings. The number of rotatable bonds is 6. The maximum absolute atomic E-state index is 13.8. The van der Waals surface area contributed by atoms with E-state index in [1.165, 1.54) is 16.9 Å². The smallest absolute Gasteiger partial charge is 0.407 e. The molecular formula is C24H34N4O7. The standard InChI is InChI=1S/C24H34N4O7/c1-14(2)28(17-7-6-9-26(13-17)24(32)33)22(30)18-12-19-20(11-15(18)3)35-16(4)21(29)27(19)10-8-25-23(31)34-5/h11-12,14,16-17H,6-10,13H2,1-5H3,(H,25,31)(H,32,33)/t16-,17-/m1/s1. The van der Waals surface area contributed by atoms with E-state index in [0.717, 1.165) is 0 Å². The number of fused-ring (bicyclic) bond motifs is 1. The molecule has 3 rings (SSSR count). The molecule has 0 radical (unpaired) electrons. The van der Waals surface area contributed by atoms with Crippen LogP contribution >= 0.6 is 0 Å². The van der Waals surface area contributed by atoms with Gasteiger partial charge in [0.1, 0.15) is 5.75 Å². The van der Waals surface area contributed by atoms with Gasteiger partial charge < -0.3 is 34.6 Å². The van der Waals surface area contributed by atoms with Crippen molar-refractivity contribution < 1.29 is 33.8 Å². The van der Waals surface area contributed by atoms with E-state index in [-0.39, 0.29) is 43.5 Å².